The van der Waals surface area contributed by atoms with Gasteiger partial charge >= 0.3 is 5.76 Å². The van der Waals surface area contributed by atoms with Crippen LogP contribution in [-0.4, -0.2) is 25.1 Å². The average molecular weight is 253 g/mol. The van der Waals surface area contributed by atoms with Gasteiger partial charge in [-0.15, -0.1) is 0 Å². The summed E-state index contributed by atoms with van der Waals surface area (Å²) >= 11 is 0. The van der Waals surface area contributed by atoms with Gasteiger partial charge in [-0.1, -0.05) is 0 Å². The predicted molar refractivity (Wildman–Crippen MR) is 67.5 cm³/mol. The van der Waals surface area contributed by atoms with Crippen LogP contribution in [0.1, 0.15) is 0 Å². The van der Waals surface area contributed by atoms with Gasteiger partial charge in [0, 0.05) is 11.6 Å². The van der Waals surface area contributed by atoms with E-state index in [0.29, 0.717) is 16.9 Å². The van der Waals surface area contributed by atoms with Crippen LogP contribution in [0.5, 0.6) is 0 Å². The lowest BCUT2D eigenvalue weighted by Gasteiger charge is -1.91. The molecule has 0 unspecified atom stereocenters. The SMILES string of the molecule is O=c1[nH]c2cc3[nH]c(-c4ccnnc4)nc3cc2o1. The van der Waals surface area contributed by atoms with Crippen LogP contribution >= 0.6 is 0 Å². The van der Waals surface area contributed by atoms with Gasteiger partial charge in [0.1, 0.15) is 5.82 Å². The average Bonchev–Trinajstić information content (AvgIpc) is 2.98. The van der Waals surface area contributed by atoms with E-state index in [1.165, 1.54) is 0 Å². The molecule has 0 spiro atoms. The Kier molecular flexibility index (Phi) is 1.85. The third kappa shape index (κ3) is 1.52. The molecule has 0 atom stereocenters. The van der Waals surface area contributed by atoms with Gasteiger partial charge in [0.2, 0.25) is 0 Å². The Morgan fingerprint density at radius 3 is 2.89 bits per heavy atom. The summed E-state index contributed by atoms with van der Waals surface area (Å²) in [6, 6.07) is 5.33. The maximum Gasteiger partial charge on any atom is 0.417 e. The Morgan fingerprint density at radius 2 is 2.05 bits per heavy atom. The molecule has 0 aliphatic heterocycles. The van der Waals surface area contributed by atoms with Crippen molar-refractivity contribution in [2.24, 2.45) is 0 Å². The molecule has 2 N–H and O–H groups in total. The van der Waals surface area contributed by atoms with Crippen molar-refractivity contribution in [3.63, 3.8) is 0 Å². The molecule has 0 aliphatic rings. The van der Waals surface area contributed by atoms with E-state index < -0.39 is 5.76 Å². The molecule has 0 bridgehead atoms. The topological polar surface area (TPSA) is 100 Å². The van der Waals surface area contributed by atoms with Gasteiger partial charge in [-0.3, -0.25) is 4.98 Å². The van der Waals surface area contributed by atoms with Crippen LogP contribution in [0.2, 0.25) is 0 Å². The fourth-order valence-corrected chi connectivity index (χ4v) is 2.02. The molecule has 0 amide bonds. The van der Waals surface area contributed by atoms with E-state index in [4.69, 9.17) is 4.42 Å². The van der Waals surface area contributed by atoms with Gasteiger partial charge in [0.25, 0.3) is 0 Å². The standard InChI is InChI=1S/C12H7N5O2/c18-12-17-9-3-7-8(4-10(9)19-12)16-11(15-7)6-1-2-13-14-5-6/h1-5H,(H,15,16)(H,17,18). The summed E-state index contributed by atoms with van der Waals surface area (Å²) in [5, 5.41) is 7.54. The zero-order valence-electron chi connectivity index (χ0n) is 9.54. The number of aromatic amines is 2. The summed E-state index contributed by atoms with van der Waals surface area (Å²) < 4.78 is 5.00. The number of H-pyrrole nitrogens is 2. The lowest BCUT2D eigenvalue weighted by molar-refractivity contribution is 0.555. The van der Waals surface area contributed by atoms with Gasteiger partial charge in [0.15, 0.2) is 5.58 Å². The lowest BCUT2D eigenvalue weighted by Crippen LogP contribution is -1.92. The second-order valence-corrected chi connectivity index (χ2v) is 4.10. The highest BCUT2D eigenvalue weighted by atomic mass is 16.4. The zero-order valence-corrected chi connectivity index (χ0v) is 9.54. The lowest BCUT2D eigenvalue weighted by atomic mass is 10.3. The molecule has 7 heteroatoms. The van der Waals surface area contributed by atoms with Gasteiger partial charge in [-0.25, -0.2) is 9.78 Å². The second kappa shape index (κ2) is 3.52. The van der Waals surface area contributed by atoms with E-state index in [1.807, 2.05) is 6.07 Å². The number of hydrogen-bond donors (Lipinski definition) is 2. The Labute approximate surface area is 105 Å². The molecular formula is C12H7N5O2. The van der Waals surface area contributed by atoms with E-state index in [2.05, 4.69) is 25.1 Å². The first-order valence-electron chi connectivity index (χ1n) is 5.59. The van der Waals surface area contributed by atoms with E-state index in [-0.39, 0.29) is 0 Å². The first kappa shape index (κ1) is 10.0. The summed E-state index contributed by atoms with van der Waals surface area (Å²) in [4.78, 5) is 21.3. The molecule has 1 aromatic carbocycles. The van der Waals surface area contributed by atoms with Crippen LogP contribution in [0.25, 0.3) is 33.5 Å². The highest BCUT2D eigenvalue weighted by molar-refractivity contribution is 5.91. The summed E-state index contributed by atoms with van der Waals surface area (Å²) in [6.45, 7) is 0. The van der Waals surface area contributed by atoms with Crippen molar-refractivity contribution in [2.45, 2.75) is 0 Å². The monoisotopic (exact) mass is 253 g/mol. The van der Waals surface area contributed by atoms with Crippen molar-refractivity contribution in [1.82, 2.24) is 25.1 Å². The molecule has 3 heterocycles. The highest BCUT2D eigenvalue weighted by Gasteiger charge is 2.09. The Balaban J connectivity index is 1.99. The quantitative estimate of drug-likeness (QED) is 0.534. The van der Waals surface area contributed by atoms with E-state index in [1.54, 1.807) is 24.5 Å². The first-order valence-corrected chi connectivity index (χ1v) is 5.59. The van der Waals surface area contributed by atoms with Crippen molar-refractivity contribution in [3.8, 4) is 11.4 Å². The van der Waals surface area contributed by atoms with Crippen LogP contribution in [0.4, 0.5) is 0 Å². The Morgan fingerprint density at radius 1 is 1.11 bits per heavy atom. The fourth-order valence-electron chi connectivity index (χ4n) is 2.02. The molecule has 0 saturated heterocycles. The Hall–Kier alpha value is -2.96. The minimum absolute atomic E-state index is 0.471. The number of nitrogens with one attached hydrogen (secondary N) is 2. The number of nitrogens with zero attached hydrogens (tertiary/aromatic N) is 3. The van der Waals surface area contributed by atoms with E-state index in [0.717, 1.165) is 16.6 Å². The number of oxazole rings is 1. The minimum Gasteiger partial charge on any atom is -0.408 e. The highest BCUT2D eigenvalue weighted by Crippen LogP contribution is 2.22. The molecule has 7 nitrogen and oxygen atoms in total. The molecule has 0 radical (unpaired) electrons. The molecule has 0 aliphatic carbocycles. The molecule has 0 fully saturated rings. The maximum atomic E-state index is 11.1. The number of benzene rings is 1. The first-order chi connectivity index (χ1) is 9.29. The van der Waals surface area contributed by atoms with Crippen molar-refractivity contribution >= 4 is 22.1 Å². The number of fused-ring (bicyclic) bond motifs is 2. The Bertz CT molecular complexity index is 881. The number of rotatable bonds is 1. The maximum absolute atomic E-state index is 11.1. The molecular weight excluding hydrogens is 246 g/mol. The van der Waals surface area contributed by atoms with Crippen LogP contribution in [0.15, 0.2) is 39.8 Å². The van der Waals surface area contributed by atoms with Crippen molar-refractivity contribution in [2.75, 3.05) is 0 Å². The minimum atomic E-state index is -0.471. The van der Waals surface area contributed by atoms with Crippen LogP contribution in [0.3, 0.4) is 0 Å². The molecule has 4 aromatic rings. The summed E-state index contributed by atoms with van der Waals surface area (Å²) in [7, 11) is 0. The zero-order chi connectivity index (χ0) is 12.8. The normalized spacial score (nSPS) is 11.4. The summed E-state index contributed by atoms with van der Waals surface area (Å²) in [6.07, 6.45) is 3.23. The summed E-state index contributed by atoms with van der Waals surface area (Å²) in [5.74, 6) is 0.223. The van der Waals surface area contributed by atoms with Crippen LogP contribution in [-0.2, 0) is 0 Å². The van der Waals surface area contributed by atoms with E-state index in [9.17, 15) is 4.79 Å². The predicted octanol–water partition coefficient (Wildman–Crippen LogP) is 1.45. The molecule has 19 heavy (non-hydrogen) atoms. The van der Waals surface area contributed by atoms with Gasteiger partial charge in [0.05, 0.1) is 28.9 Å². The second-order valence-electron chi connectivity index (χ2n) is 4.10. The molecule has 3 aromatic heterocycles. The fraction of sp³-hybridized carbons (Fsp3) is 0. The summed E-state index contributed by atoms with van der Waals surface area (Å²) in [5.41, 5.74) is 3.51. The number of hydrogen-bond acceptors (Lipinski definition) is 5. The van der Waals surface area contributed by atoms with Crippen molar-refractivity contribution < 1.29 is 4.42 Å². The smallest absolute Gasteiger partial charge is 0.408 e. The van der Waals surface area contributed by atoms with Crippen molar-refractivity contribution in [1.29, 1.82) is 0 Å². The van der Waals surface area contributed by atoms with Crippen LogP contribution in [0, 0.1) is 0 Å². The molecule has 0 saturated carbocycles. The largest absolute Gasteiger partial charge is 0.417 e. The number of imidazole rings is 1. The van der Waals surface area contributed by atoms with E-state index >= 15 is 0 Å². The van der Waals surface area contributed by atoms with Gasteiger partial charge in [-0.05, 0) is 12.1 Å². The van der Waals surface area contributed by atoms with Gasteiger partial charge in [-0.2, -0.15) is 10.2 Å². The third-order valence-corrected chi connectivity index (χ3v) is 2.88. The molecule has 92 valence electrons. The molecule has 4 rings (SSSR count). The van der Waals surface area contributed by atoms with Gasteiger partial charge < -0.3 is 9.40 Å². The number of aromatic nitrogens is 5. The third-order valence-electron chi connectivity index (χ3n) is 2.88. The van der Waals surface area contributed by atoms with Crippen molar-refractivity contribution in [3.05, 3.63) is 41.1 Å². The van der Waals surface area contributed by atoms with Crippen LogP contribution < -0.4 is 5.76 Å².